The molecule has 2 nitrogen and oxygen atoms in total. The fourth-order valence-electron chi connectivity index (χ4n) is 1.76. The molecule has 1 N–H and O–H groups in total. The van der Waals surface area contributed by atoms with Crippen LogP contribution < -0.4 is 10.2 Å². The van der Waals surface area contributed by atoms with Crippen LogP contribution in [0.25, 0.3) is 0 Å². The Morgan fingerprint density at radius 2 is 1.63 bits per heavy atom. The Bertz CT molecular complexity index is 537. The molecule has 0 heterocycles. The van der Waals surface area contributed by atoms with Gasteiger partial charge in [0.2, 0.25) is 0 Å². The van der Waals surface area contributed by atoms with E-state index in [9.17, 15) is 0 Å². The van der Waals surface area contributed by atoms with Crippen molar-refractivity contribution in [2.45, 2.75) is 0 Å². The van der Waals surface area contributed by atoms with Gasteiger partial charge in [-0.05, 0) is 36.5 Å². The molecule has 0 radical (unpaired) electrons. The number of para-hydroxylation sites is 2. The minimum absolute atomic E-state index is 0.664. The summed E-state index contributed by atoms with van der Waals surface area (Å²) in [4.78, 5) is 2.01. The first kappa shape index (κ1) is 13.3. The molecule has 2 aromatic rings. The van der Waals surface area contributed by atoms with Gasteiger partial charge < -0.3 is 10.2 Å². The first-order chi connectivity index (χ1) is 9.31. The number of nitrogens with one attached hydrogen (secondary N) is 1. The second-order valence-corrected chi connectivity index (χ2v) is 4.42. The summed E-state index contributed by atoms with van der Waals surface area (Å²) in [6.45, 7) is 4.46. The predicted molar refractivity (Wildman–Crippen MR) is 86.6 cm³/mol. The van der Waals surface area contributed by atoms with Gasteiger partial charge in [-0.25, -0.2) is 0 Å². The van der Waals surface area contributed by atoms with E-state index in [0.717, 1.165) is 11.4 Å². The highest BCUT2D eigenvalue weighted by Crippen LogP contribution is 2.15. The van der Waals surface area contributed by atoms with E-state index in [1.807, 2.05) is 71.6 Å². The lowest BCUT2D eigenvalue weighted by Gasteiger charge is -2.24. The summed E-state index contributed by atoms with van der Waals surface area (Å²) >= 11 is 5.47. The highest BCUT2D eigenvalue weighted by Gasteiger charge is 2.10. The van der Waals surface area contributed by atoms with Crippen LogP contribution in [-0.2, 0) is 0 Å². The summed E-state index contributed by atoms with van der Waals surface area (Å²) in [5, 5.41) is 3.90. The van der Waals surface area contributed by atoms with Crippen molar-refractivity contribution in [2.75, 3.05) is 16.8 Å². The van der Waals surface area contributed by atoms with Crippen molar-refractivity contribution in [1.29, 1.82) is 0 Å². The minimum atomic E-state index is 0.664. The van der Waals surface area contributed by atoms with Gasteiger partial charge in [0.05, 0.1) is 0 Å². The molecule has 0 saturated heterocycles. The standard InChI is InChI=1S/C16H16N2S/c1-2-13-18(15-11-7-4-8-12-15)16(19)17-14-9-5-3-6-10-14/h2-12H,1,13H2,(H,17,19). The molecule has 2 aromatic carbocycles. The smallest absolute Gasteiger partial charge is 0.178 e. The Labute approximate surface area is 119 Å². The number of thiocarbonyl (C=S) groups is 1. The molecule has 0 saturated carbocycles. The third kappa shape index (κ3) is 3.66. The monoisotopic (exact) mass is 268 g/mol. The minimum Gasteiger partial charge on any atom is -0.332 e. The molecule has 0 aliphatic carbocycles. The first-order valence-electron chi connectivity index (χ1n) is 6.11. The van der Waals surface area contributed by atoms with Crippen LogP contribution in [-0.4, -0.2) is 11.7 Å². The molecule has 0 atom stereocenters. The van der Waals surface area contributed by atoms with Crippen LogP contribution in [0.3, 0.4) is 0 Å². The highest BCUT2D eigenvalue weighted by atomic mass is 32.1. The Morgan fingerprint density at radius 1 is 1.05 bits per heavy atom. The van der Waals surface area contributed by atoms with Crippen molar-refractivity contribution in [3.63, 3.8) is 0 Å². The van der Waals surface area contributed by atoms with Gasteiger partial charge in [0.1, 0.15) is 0 Å². The molecule has 0 fully saturated rings. The average molecular weight is 268 g/mol. The number of hydrogen-bond acceptors (Lipinski definition) is 1. The van der Waals surface area contributed by atoms with Gasteiger partial charge in [-0.2, -0.15) is 0 Å². The largest absolute Gasteiger partial charge is 0.332 e. The summed E-state index contributed by atoms with van der Waals surface area (Å²) in [5.74, 6) is 0. The second kappa shape index (κ2) is 6.71. The normalized spacial score (nSPS) is 9.68. The zero-order chi connectivity index (χ0) is 13.5. The Balaban J connectivity index is 2.15. The molecule has 0 amide bonds. The first-order valence-corrected chi connectivity index (χ1v) is 6.51. The van der Waals surface area contributed by atoms with Crippen LogP contribution in [0.2, 0.25) is 0 Å². The number of benzene rings is 2. The lowest BCUT2D eigenvalue weighted by Crippen LogP contribution is -2.34. The molecule has 3 heteroatoms. The van der Waals surface area contributed by atoms with E-state index >= 15 is 0 Å². The maximum atomic E-state index is 5.47. The van der Waals surface area contributed by atoms with E-state index in [1.165, 1.54) is 0 Å². The molecule has 2 rings (SSSR count). The maximum Gasteiger partial charge on any atom is 0.178 e. The molecule has 0 unspecified atom stereocenters. The number of nitrogens with zero attached hydrogens (tertiary/aromatic N) is 1. The van der Waals surface area contributed by atoms with E-state index in [4.69, 9.17) is 12.2 Å². The average Bonchev–Trinajstić information content (AvgIpc) is 2.46. The quantitative estimate of drug-likeness (QED) is 0.664. The zero-order valence-corrected chi connectivity index (χ0v) is 11.4. The van der Waals surface area contributed by atoms with Crippen molar-refractivity contribution in [1.82, 2.24) is 0 Å². The lowest BCUT2D eigenvalue weighted by molar-refractivity contribution is 1.15. The molecule has 0 bridgehead atoms. The summed E-state index contributed by atoms with van der Waals surface area (Å²) in [6, 6.07) is 20.0. The van der Waals surface area contributed by atoms with Crippen LogP contribution in [0, 0.1) is 0 Å². The van der Waals surface area contributed by atoms with Gasteiger partial charge in [-0.1, -0.05) is 42.5 Å². The highest BCUT2D eigenvalue weighted by molar-refractivity contribution is 7.80. The lowest BCUT2D eigenvalue weighted by atomic mass is 10.3. The van der Waals surface area contributed by atoms with Crippen LogP contribution in [0.1, 0.15) is 0 Å². The third-order valence-corrected chi connectivity index (χ3v) is 2.97. The van der Waals surface area contributed by atoms with Crippen LogP contribution in [0.4, 0.5) is 11.4 Å². The topological polar surface area (TPSA) is 15.3 Å². The van der Waals surface area contributed by atoms with Crippen molar-refractivity contribution >= 4 is 28.7 Å². The summed E-state index contributed by atoms with van der Waals surface area (Å²) in [5.41, 5.74) is 2.04. The molecule has 19 heavy (non-hydrogen) atoms. The Kier molecular flexibility index (Phi) is 4.70. The van der Waals surface area contributed by atoms with E-state index < -0.39 is 0 Å². The van der Waals surface area contributed by atoms with E-state index in [1.54, 1.807) is 0 Å². The molecule has 0 aliphatic heterocycles. The number of anilines is 2. The van der Waals surface area contributed by atoms with Gasteiger partial charge >= 0.3 is 0 Å². The van der Waals surface area contributed by atoms with E-state index in [0.29, 0.717) is 11.7 Å². The SMILES string of the molecule is C=CCN(C(=S)Nc1ccccc1)c1ccccc1. The van der Waals surface area contributed by atoms with Gasteiger partial charge in [0, 0.05) is 17.9 Å². The fourth-order valence-corrected chi connectivity index (χ4v) is 2.05. The molecular formula is C16H16N2S. The fraction of sp³-hybridized carbons (Fsp3) is 0.0625. The summed E-state index contributed by atoms with van der Waals surface area (Å²) in [7, 11) is 0. The van der Waals surface area contributed by atoms with Gasteiger partial charge in [0.25, 0.3) is 0 Å². The molecule has 0 aromatic heterocycles. The van der Waals surface area contributed by atoms with Crippen molar-refractivity contribution in [2.24, 2.45) is 0 Å². The van der Waals surface area contributed by atoms with Gasteiger partial charge in [-0.3, -0.25) is 0 Å². The maximum absolute atomic E-state index is 5.47. The Hall–Kier alpha value is -2.13. The number of rotatable bonds is 4. The van der Waals surface area contributed by atoms with Gasteiger partial charge in [-0.15, -0.1) is 6.58 Å². The second-order valence-electron chi connectivity index (χ2n) is 4.03. The van der Waals surface area contributed by atoms with Crippen molar-refractivity contribution in [3.8, 4) is 0 Å². The van der Waals surface area contributed by atoms with Crippen LogP contribution in [0.5, 0.6) is 0 Å². The van der Waals surface area contributed by atoms with Crippen LogP contribution >= 0.6 is 12.2 Å². The Morgan fingerprint density at radius 3 is 2.21 bits per heavy atom. The van der Waals surface area contributed by atoms with Crippen molar-refractivity contribution < 1.29 is 0 Å². The molecular weight excluding hydrogens is 252 g/mol. The summed E-state index contributed by atoms with van der Waals surface area (Å²) in [6.07, 6.45) is 1.84. The van der Waals surface area contributed by atoms with E-state index in [-0.39, 0.29) is 0 Å². The zero-order valence-electron chi connectivity index (χ0n) is 10.6. The third-order valence-electron chi connectivity index (χ3n) is 2.65. The molecule has 96 valence electrons. The van der Waals surface area contributed by atoms with Gasteiger partial charge in [0.15, 0.2) is 5.11 Å². The number of hydrogen-bond donors (Lipinski definition) is 1. The van der Waals surface area contributed by atoms with Crippen molar-refractivity contribution in [3.05, 3.63) is 73.3 Å². The summed E-state index contributed by atoms with van der Waals surface area (Å²) < 4.78 is 0. The molecule has 0 aliphatic rings. The van der Waals surface area contributed by atoms with Crippen LogP contribution in [0.15, 0.2) is 73.3 Å². The predicted octanol–water partition coefficient (Wildman–Crippen LogP) is 4.08. The molecule has 0 spiro atoms. The van der Waals surface area contributed by atoms with E-state index in [2.05, 4.69) is 11.9 Å².